The molecule has 0 saturated carbocycles. The number of ether oxygens (including phenoxy) is 2. The summed E-state index contributed by atoms with van der Waals surface area (Å²) in [5.74, 6) is -3.33. The zero-order valence-corrected chi connectivity index (χ0v) is 20.5. The zero-order chi connectivity index (χ0) is 28.8. The smallest absolute Gasteiger partial charge is 0.300 e. The van der Waals surface area contributed by atoms with E-state index in [2.05, 4.69) is 0 Å². The van der Waals surface area contributed by atoms with Gasteiger partial charge in [-0.3, -0.25) is 19.2 Å². The molecule has 0 amide bonds. The maximum absolute atomic E-state index is 9.00. The summed E-state index contributed by atoms with van der Waals surface area (Å²) in [6, 6.07) is 0. The highest BCUT2D eigenvalue weighted by atomic mass is 16.5. The molecular formula is C18H46N4O12. The van der Waals surface area contributed by atoms with Gasteiger partial charge in [0.05, 0.1) is 39.6 Å². The van der Waals surface area contributed by atoms with Crippen LogP contribution in [-0.4, -0.2) is 120 Å². The molecular weight excluding hydrogens is 464 g/mol. The highest BCUT2D eigenvalue weighted by Crippen LogP contribution is 1.65. The van der Waals surface area contributed by atoms with Crippen molar-refractivity contribution in [1.29, 1.82) is 0 Å². The Morgan fingerprint density at radius 3 is 0.676 bits per heavy atom. The van der Waals surface area contributed by atoms with Crippen molar-refractivity contribution in [3.8, 4) is 0 Å². The van der Waals surface area contributed by atoms with E-state index >= 15 is 0 Å². The Labute approximate surface area is 200 Å². The van der Waals surface area contributed by atoms with Gasteiger partial charge in [-0.1, -0.05) is 0 Å². The largest absolute Gasteiger partial charge is 0.481 e. The van der Waals surface area contributed by atoms with Crippen molar-refractivity contribution in [2.24, 2.45) is 22.9 Å². The van der Waals surface area contributed by atoms with Gasteiger partial charge in [-0.2, -0.15) is 0 Å². The Balaban J connectivity index is -0.0000000510. The van der Waals surface area contributed by atoms with E-state index < -0.39 is 23.9 Å². The molecule has 0 unspecified atom stereocenters. The molecule has 0 spiro atoms. The van der Waals surface area contributed by atoms with E-state index in [9.17, 15) is 0 Å². The number of carbonyl (C=O) groups is 4. The molecule has 0 rings (SSSR count). The minimum atomic E-state index is -0.833. The van der Waals surface area contributed by atoms with Crippen LogP contribution in [0.4, 0.5) is 0 Å². The van der Waals surface area contributed by atoms with Gasteiger partial charge in [0, 0.05) is 53.9 Å². The van der Waals surface area contributed by atoms with Crippen LogP contribution in [0, 0.1) is 0 Å². The molecule has 0 aliphatic rings. The van der Waals surface area contributed by atoms with Gasteiger partial charge >= 0.3 is 0 Å². The van der Waals surface area contributed by atoms with Crippen molar-refractivity contribution in [2.45, 2.75) is 27.7 Å². The summed E-state index contributed by atoms with van der Waals surface area (Å²) in [5.41, 5.74) is 20.4. The van der Waals surface area contributed by atoms with Crippen molar-refractivity contribution < 1.29 is 59.3 Å². The minimum absolute atomic E-state index is 0.125. The van der Waals surface area contributed by atoms with Crippen molar-refractivity contribution in [3.63, 3.8) is 0 Å². The van der Waals surface area contributed by atoms with Crippen LogP contribution in [0.3, 0.4) is 0 Å². The topological polar surface area (TPSA) is 312 Å². The molecule has 14 N–H and O–H groups in total. The number of aliphatic carboxylic acids is 4. The van der Waals surface area contributed by atoms with Crippen LogP contribution in [0.1, 0.15) is 27.7 Å². The van der Waals surface area contributed by atoms with E-state index in [1.807, 2.05) is 0 Å². The fourth-order valence-corrected chi connectivity index (χ4v) is 0.537. The Hall–Kier alpha value is -2.44. The Kier molecular flexibility index (Phi) is 82.6. The first kappa shape index (κ1) is 48.9. The van der Waals surface area contributed by atoms with E-state index in [1.54, 1.807) is 0 Å². The van der Waals surface area contributed by atoms with Crippen LogP contribution in [0.25, 0.3) is 0 Å². The lowest BCUT2D eigenvalue weighted by molar-refractivity contribution is -0.135. The fourth-order valence-electron chi connectivity index (χ4n) is 0.537. The van der Waals surface area contributed by atoms with Crippen molar-refractivity contribution >= 4 is 23.9 Å². The van der Waals surface area contributed by atoms with Crippen molar-refractivity contribution in [1.82, 2.24) is 0 Å². The van der Waals surface area contributed by atoms with Crippen LogP contribution in [0.15, 0.2) is 0 Å². The summed E-state index contributed by atoms with van der Waals surface area (Å²) in [6.07, 6.45) is 0. The molecule has 0 saturated heterocycles. The Morgan fingerprint density at radius 2 is 0.618 bits per heavy atom. The molecule has 0 aromatic carbocycles. The Bertz CT molecular complexity index is 319. The minimum Gasteiger partial charge on any atom is -0.481 e. The van der Waals surface area contributed by atoms with Gasteiger partial charge in [-0.25, -0.2) is 0 Å². The standard InChI is InChI=1S/2C4H12N2O.4C2H4O2.C2H6O2/c2*5-1-3-7-4-2-6;4*1-2(3)4;3-1-2-4/h2*1-6H2;4*1H3,(H,3,4);3-4H,1-2H2. The predicted molar refractivity (Wildman–Crippen MR) is 125 cm³/mol. The summed E-state index contributed by atoms with van der Waals surface area (Å²) < 4.78 is 9.76. The number of hydrogen-bond donors (Lipinski definition) is 10. The number of aliphatic hydroxyl groups is 2. The summed E-state index contributed by atoms with van der Waals surface area (Å²) in [4.78, 5) is 36.0. The molecule has 0 radical (unpaired) electrons. The van der Waals surface area contributed by atoms with Crippen LogP contribution >= 0.6 is 0 Å². The van der Waals surface area contributed by atoms with E-state index in [-0.39, 0.29) is 13.2 Å². The van der Waals surface area contributed by atoms with Crippen LogP contribution in [0.2, 0.25) is 0 Å². The van der Waals surface area contributed by atoms with Gasteiger partial charge in [0.15, 0.2) is 0 Å². The van der Waals surface area contributed by atoms with Crippen LogP contribution < -0.4 is 22.9 Å². The lowest BCUT2D eigenvalue weighted by Gasteiger charge is -1.95. The first-order chi connectivity index (χ1) is 15.7. The number of rotatable bonds is 9. The molecule has 0 aromatic rings. The molecule has 0 aliphatic heterocycles. The van der Waals surface area contributed by atoms with Crippen LogP contribution in [0.5, 0.6) is 0 Å². The van der Waals surface area contributed by atoms with E-state index in [0.29, 0.717) is 52.6 Å². The number of nitrogens with two attached hydrogens (primary N) is 4. The molecule has 0 aromatic heterocycles. The predicted octanol–water partition coefficient (Wildman–Crippen LogP) is -2.82. The third kappa shape index (κ3) is 560. The first-order valence-electron chi connectivity index (χ1n) is 9.63. The van der Waals surface area contributed by atoms with Gasteiger partial charge < -0.3 is 63.0 Å². The van der Waals surface area contributed by atoms with Gasteiger partial charge in [0.1, 0.15) is 0 Å². The van der Waals surface area contributed by atoms with Crippen LogP contribution in [-0.2, 0) is 28.7 Å². The average molecular weight is 511 g/mol. The monoisotopic (exact) mass is 510 g/mol. The second kappa shape index (κ2) is 57.4. The van der Waals surface area contributed by atoms with Gasteiger partial charge in [-0.05, 0) is 0 Å². The van der Waals surface area contributed by atoms with E-state index in [4.69, 9.17) is 82.2 Å². The van der Waals surface area contributed by atoms with E-state index in [0.717, 1.165) is 27.7 Å². The molecule has 0 bridgehead atoms. The summed E-state index contributed by atoms with van der Waals surface area (Å²) >= 11 is 0. The van der Waals surface area contributed by atoms with E-state index in [1.165, 1.54) is 0 Å². The molecule has 0 fully saturated rings. The van der Waals surface area contributed by atoms with Gasteiger partial charge in [0.25, 0.3) is 23.9 Å². The summed E-state index contributed by atoms with van der Waals surface area (Å²) in [6.45, 7) is 8.91. The third-order valence-electron chi connectivity index (χ3n) is 1.15. The number of hydrogen-bond acceptors (Lipinski definition) is 12. The third-order valence-corrected chi connectivity index (χ3v) is 1.15. The normalized spacial score (nSPS) is 7.71. The fraction of sp³-hybridized carbons (Fsp3) is 0.778. The lowest BCUT2D eigenvalue weighted by atomic mass is 10.7. The Morgan fingerprint density at radius 1 is 0.500 bits per heavy atom. The molecule has 0 atom stereocenters. The van der Waals surface area contributed by atoms with Crippen molar-refractivity contribution in [2.75, 3.05) is 65.8 Å². The van der Waals surface area contributed by atoms with Gasteiger partial charge in [-0.15, -0.1) is 0 Å². The second-order valence-electron chi connectivity index (χ2n) is 4.90. The summed E-state index contributed by atoms with van der Waals surface area (Å²) in [5, 5.41) is 44.9. The number of carboxylic acids is 4. The highest BCUT2D eigenvalue weighted by Gasteiger charge is 1.78. The first-order valence-corrected chi connectivity index (χ1v) is 9.63. The molecule has 0 aliphatic carbocycles. The van der Waals surface area contributed by atoms with Gasteiger partial charge in [0.2, 0.25) is 0 Å². The number of aliphatic hydroxyl groups excluding tert-OH is 2. The SMILES string of the molecule is CC(=O)O.CC(=O)O.CC(=O)O.CC(=O)O.NCCOCCN.NCCOCCN.OCCO. The zero-order valence-electron chi connectivity index (χ0n) is 20.5. The second-order valence-corrected chi connectivity index (χ2v) is 4.90. The quantitative estimate of drug-likeness (QED) is 0.140. The maximum Gasteiger partial charge on any atom is 0.300 e. The molecule has 16 nitrogen and oxygen atoms in total. The van der Waals surface area contributed by atoms with Crippen molar-refractivity contribution in [3.05, 3.63) is 0 Å². The lowest BCUT2D eigenvalue weighted by Crippen LogP contribution is -2.13. The molecule has 0 heterocycles. The number of carboxylic acid groups (broad SMARTS) is 4. The molecule has 34 heavy (non-hydrogen) atoms. The molecule has 210 valence electrons. The molecule has 16 heteroatoms. The maximum atomic E-state index is 9.00. The highest BCUT2D eigenvalue weighted by molar-refractivity contribution is 5.63. The summed E-state index contributed by atoms with van der Waals surface area (Å²) in [7, 11) is 0. The average Bonchev–Trinajstić information content (AvgIpc) is 2.68.